The monoisotopic (exact) mass is 754 g/mol. The Kier molecular flexibility index (Phi) is 7.51. The molecule has 282 valence electrons. The van der Waals surface area contributed by atoms with E-state index in [1.165, 1.54) is 9.13 Å². The zero-order chi connectivity index (χ0) is 38.7. The number of aromatic nitrogens is 4. The Morgan fingerprint density at radius 2 is 1.07 bits per heavy atom. The maximum atomic E-state index is 14.3. The third-order valence-corrected chi connectivity index (χ3v) is 11.6. The fourth-order valence-electron chi connectivity index (χ4n) is 8.56. The van der Waals surface area contributed by atoms with E-state index in [1.807, 2.05) is 60.7 Å². The van der Waals surface area contributed by atoms with E-state index in [1.54, 1.807) is 26.0 Å². The highest BCUT2D eigenvalue weighted by molar-refractivity contribution is 5.88. The molecule has 0 saturated carbocycles. The van der Waals surface area contributed by atoms with Crippen LogP contribution in [0.5, 0.6) is 0 Å². The van der Waals surface area contributed by atoms with Crippen LogP contribution >= 0.6 is 0 Å². The van der Waals surface area contributed by atoms with Gasteiger partial charge in [-0.25, -0.2) is 19.6 Å². The molecule has 2 aromatic carbocycles. The van der Waals surface area contributed by atoms with Gasteiger partial charge in [-0.2, -0.15) is 0 Å². The number of nitrogens with zero attached hydrogens (tertiary/aromatic N) is 4. The van der Waals surface area contributed by atoms with Crippen LogP contribution in [0.25, 0.3) is 44.6 Å². The summed E-state index contributed by atoms with van der Waals surface area (Å²) < 4.78 is 26.5. The number of aliphatic hydroxyl groups is 2. The van der Waals surface area contributed by atoms with E-state index >= 15 is 0 Å². The summed E-state index contributed by atoms with van der Waals surface area (Å²) >= 11 is 0. The smallest absolute Gasteiger partial charge is 0.343 e. The van der Waals surface area contributed by atoms with Crippen LogP contribution < -0.4 is 11.1 Å². The lowest BCUT2D eigenvalue weighted by atomic mass is 9.86. The molecule has 0 radical (unpaired) electrons. The number of carbonyl (C=O) groups is 2. The highest BCUT2D eigenvalue weighted by Crippen LogP contribution is 2.45. The Balaban J connectivity index is 1.03. The van der Waals surface area contributed by atoms with Crippen LogP contribution in [-0.4, -0.2) is 54.5 Å². The highest BCUT2D eigenvalue weighted by atomic mass is 16.6. The molecule has 4 aliphatic rings. The summed E-state index contributed by atoms with van der Waals surface area (Å²) in [4.78, 5) is 63.9. The van der Waals surface area contributed by atoms with Crippen molar-refractivity contribution in [2.75, 3.05) is 13.2 Å². The lowest BCUT2D eigenvalue weighted by molar-refractivity contribution is -0.172. The molecule has 0 amide bonds. The van der Waals surface area contributed by atoms with Gasteiger partial charge in [-0.3, -0.25) is 18.7 Å². The second-order valence-corrected chi connectivity index (χ2v) is 14.5. The van der Waals surface area contributed by atoms with Crippen molar-refractivity contribution in [1.29, 1.82) is 0 Å². The first kappa shape index (κ1) is 34.4. The number of benzene rings is 2. The van der Waals surface area contributed by atoms with E-state index < -0.39 is 46.7 Å². The van der Waals surface area contributed by atoms with E-state index in [0.717, 1.165) is 10.8 Å². The van der Waals surface area contributed by atoms with Gasteiger partial charge in [-0.15, -0.1) is 0 Å². The second-order valence-electron chi connectivity index (χ2n) is 14.5. The topological polar surface area (TPSA) is 181 Å². The standard InChI is InChI=1S/C42H34N4O10/c1-3-41(51)27-17-31-33-23(15-21-9-5-7-11-29(21)43-33)37(45(31)35(47)25(27)19-55-39(41)49)53-13-14-54-38-24-16-22-10-6-8-12-30(22)44-34(24)32-18-28-26(36(48)46(32)38)20-56-40(50)42(28,52)4-2/h5-12,15-18,37-38,51-52H,3-4,13-14,19-20H2,1-2H3/t37-,38-,41-,42-/m0/s1. The average molecular weight is 755 g/mol. The van der Waals surface area contributed by atoms with E-state index in [9.17, 15) is 29.4 Å². The fourth-order valence-corrected chi connectivity index (χ4v) is 8.56. The molecule has 6 aromatic rings. The summed E-state index contributed by atoms with van der Waals surface area (Å²) in [5.41, 5.74) is 0.0996. The van der Waals surface area contributed by atoms with Crippen LogP contribution in [0.15, 0.2) is 82.4 Å². The molecule has 4 aliphatic heterocycles. The van der Waals surface area contributed by atoms with Crippen LogP contribution in [0, 0.1) is 0 Å². The number of pyridine rings is 4. The third-order valence-electron chi connectivity index (χ3n) is 11.6. The Hall–Kier alpha value is -6.06. The fraction of sp³-hybridized carbons (Fsp3) is 0.286. The number of rotatable bonds is 7. The van der Waals surface area contributed by atoms with Gasteiger partial charge in [0.15, 0.2) is 23.7 Å². The van der Waals surface area contributed by atoms with Crippen molar-refractivity contribution < 1.29 is 38.7 Å². The normalized spacial score (nSPS) is 22.9. The van der Waals surface area contributed by atoms with Gasteiger partial charge in [-0.05, 0) is 49.2 Å². The number of carbonyl (C=O) groups excluding carboxylic acids is 2. The quantitative estimate of drug-likeness (QED) is 0.175. The van der Waals surface area contributed by atoms with Crippen molar-refractivity contribution in [2.45, 2.75) is 63.6 Å². The summed E-state index contributed by atoms with van der Waals surface area (Å²) in [6, 6.07) is 22.1. The number of hydrogen-bond acceptors (Lipinski definition) is 12. The molecule has 0 fully saturated rings. The zero-order valence-electron chi connectivity index (χ0n) is 30.3. The molecule has 56 heavy (non-hydrogen) atoms. The SMILES string of the molecule is CC[C@@]1(O)C(=O)OCc2c1cc1n(c2=O)[C@@H](OCCO[C@H]2c3cc4ccccc4nc3-c3cc4c(c(=O)n32)COC(=O)[C@]4(O)CC)c2cc3ccccc3nc2-1. The molecule has 8 heterocycles. The molecule has 10 rings (SSSR count). The number of esters is 2. The van der Waals surface area contributed by atoms with Crippen LogP contribution in [0.1, 0.15) is 72.5 Å². The van der Waals surface area contributed by atoms with Gasteiger partial charge in [0, 0.05) is 33.0 Å². The second kappa shape index (κ2) is 12.2. The highest BCUT2D eigenvalue weighted by Gasteiger charge is 2.48. The lowest BCUT2D eigenvalue weighted by Crippen LogP contribution is -2.44. The molecule has 14 heteroatoms. The molecule has 4 aromatic heterocycles. The molecule has 0 saturated heterocycles. The summed E-state index contributed by atoms with van der Waals surface area (Å²) in [5.74, 6) is -1.63. The summed E-state index contributed by atoms with van der Waals surface area (Å²) in [5, 5.41) is 24.4. The lowest BCUT2D eigenvalue weighted by Gasteiger charge is -2.32. The van der Waals surface area contributed by atoms with E-state index in [4.69, 9.17) is 28.9 Å². The van der Waals surface area contributed by atoms with Crippen LogP contribution in [0.3, 0.4) is 0 Å². The van der Waals surface area contributed by atoms with Gasteiger partial charge in [0.2, 0.25) is 0 Å². The predicted molar refractivity (Wildman–Crippen MR) is 199 cm³/mol. The summed E-state index contributed by atoms with van der Waals surface area (Å²) in [6.45, 7) is 2.62. The largest absolute Gasteiger partial charge is 0.458 e. The molecular formula is C42H34N4O10. The Morgan fingerprint density at radius 3 is 1.48 bits per heavy atom. The summed E-state index contributed by atoms with van der Waals surface area (Å²) in [6.07, 6.45) is -1.88. The number of cyclic esters (lactones) is 2. The molecule has 2 N–H and O–H groups in total. The van der Waals surface area contributed by atoms with Crippen molar-refractivity contribution in [1.82, 2.24) is 19.1 Å². The van der Waals surface area contributed by atoms with Gasteiger partial charge < -0.3 is 29.2 Å². The van der Waals surface area contributed by atoms with Crippen molar-refractivity contribution in [3.05, 3.63) is 127 Å². The van der Waals surface area contributed by atoms with Gasteiger partial charge in [0.1, 0.15) is 13.2 Å². The van der Waals surface area contributed by atoms with Gasteiger partial charge in [0.25, 0.3) is 11.1 Å². The van der Waals surface area contributed by atoms with Gasteiger partial charge >= 0.3 is 11.9 Å². The molecular weight excluding hydrogens is 720 g/mol. The molecule has 0 bridgehead atoms. The third kappa shape index (κ3) is 4.64. The molecule has 0 aliphatic carbocycles. The van der Waals surface area contributed by atoms with Crippen molar-refractivity contribution in [3.63, 3.8) is 0 Å². The van der Waals surface area contributed by atoms with Gasteiger partial charge in [0.05, 0.1) is 58.1 Å². The van der Waals surface area contributed by atoms with Gasteiger partial charge in [-0.1, -0.05) is 50.2 Å². The number of ether oxygens (including phenoxy) is 4. The minimum atomic E-state index is -1.99. The first-order valence-electron chi connectivity index (χ1n) is 18.5. The van der Waals surface area contributed by atoms with Crippen LogP contribution in [0.4, 0.5) is 0 Å². The molecule has 0 unspecified atom stereocenters. The first-order chi connectivity index (χ1) is 27.1. The minimum absolute atomic E-state index is 0.00620. The Bertz CT molecular complexity index is 2660. The molecule has 0 spiro atoms. The molecule has 4 atom stereocenters. The van der Waals surface area contributed by atoms with E-state index in [0.29, 0.717) is 44.9 Å². The predicted octanol–water partition coefficient (Wildman–Crippen LogP) is 4.20. The van der Waals surface area contributed by atoms with Crippen LogP contribution in [0.2, 0.25) is 0 Å². The zero-order valence-corrected chi connectivity index (χ0v) is 30.3. The Morgan fingerprint density at radius 1 is 0.661 bits per heavy atom. The van der Waals surface area contributed by atoms with E-state index in [-0.39, 0.29) is 61.5 Å². The van der Waals surface area contributed by atoms with E-state index in [2.05, 4.69) is 0 Å². The molecule has 14 nitrogen and oxygen atoms in total. The average Bonchev–Trinajstić information content (AvgIpc) is 3.68. The minimum Gasteiger partial charge on any atom is -0.458 e. The number of para-hydroxylation sites is 2. The van der Waals surface area contributed by atoms with Crippen molar-refractivity contribution >= 4 is 33.7 Å². The van der Waals surface area contributed by atoms with Crippen LogP contribution in [-0.2, 0) is 53.0 Å². The summed E-state index contributed by atoms with van der Waals surface area (Å²) in [7, 11) is 0. The maximum absolute atomic E-state index is 14.3. The van der Waals surface area contributed by atoms with Crippen molar-refractivity contribution in [2.24, 2.45) is 0 Å². The number of hydrogen-bond donors (Lipinski definition) is 2. The first-order valence-corrected chi connectivity index (χ1v) is 18.5. The maximum Gasteiger partial charge on any atom is 0.343 e. The Labute approximate surface area is 317 Å². The van der Waals surface area contributed by atoms with Crippen molar-refractivity contribution in [3.8, 4) is 22.8 Å². The number of fused-ring (bicyclic) bond motifs is 10.